The molecule has 0 spiro atoms. The number of carbonyl (C=O) groups excluding carboxylic acids is 2. The molecule has 0 saturated heterocycles. The minimum absolute atomic E-state index is 0.127. The van der Waals surface area contributed by atoms with E-state index in [1.165, 1.54) is 12.1 Å². The van der Waals surface area contributed by atoms with E-state index in [2.05, 4.69) is 5.32 Å². The van der Waals surface area contributed by atoms with Gasteiger partial charge in [-0.3, -0.25) is 9.59 Å². The van der Waals surface area contributed by atoms with Crippen LogP contribution < -0.4 is 5.32 Å². The minimum atomic E-state index is -1.05. The Hall–Kier alpha value is -3.15. The van der Waals surface area contributed by atoms with Crippen molar-refractivity contribution < 1.29 is 14.0 Å². The Kier molecular flexibility index (Phi) is 4.80. The van der Waals surface area contributed by atoms with Gasteiger partial charge in [0.15, 0.2) is 0 Å². The van der Waals surface area contributed by atoms with Crippen molar-refractivity contribution in [1.82, 2.24) is 14.8 Å². The number of nitrogens with one attached hydrogen (secondary N) is 1. The summed E-state index contributed by atoms with van der Waals surface area (Å²) in [6.45, 7) is 2.47. The molecule has 3 aromatic rings. The molecular formula is C25H26FN3O2. The molecule has 6 heteroatoms. The van der Waals surface area contributed by atoms with E-state index in [1.807, 2.05) is 41.8 Å². The van der Waals surface area contributed by atoms with Gasteiger partial charge in [0.25, 0.3) is 5.91 Å². The fraction of sp³-hybridized carbons (Fsp3) is 0.360. The zero-order chi connectivity index (χ0) is 21.6. The normalized spacial score (nSPS) is 21.5. The maximum Gasteiger partial charge on any atom is 0.271 e. The van der Waals surface area contributed by atoms with Crippen LogP contribution in [0.25, 0.3) is 10.9 Å². The van der Waals surface area contributed by atoms with Crippen molar-refractivity contribution in [3.8, 4) is 0 Å². The Balaban J connectivity index is 1.56. The summed E-state index contributed by atoms with van der Waals surface area (Å²) < 4.78 is 15.4. The quantitative estimate of drug-likeness (QED) is 0.687. The number of fused-ring (bicyclic) bond motifs is 3. The monoisotopic (exact) mass is 419 g/mol. The lowest BCUT2D eigenvalue weighted by Crippen LogP contribution is -2.64. The highest BCUT2D eigenvalue weighted by molar-refractivity contribution is 6.03. The van der Waals surface area contributed by atoms with Crippen molar-refractivity contribution in [3.63, 3.8) is 0 Å². The molecule has 0 bridgehead atoms. The molecule has 0 unspecified atom stereocenters. The van der Waals surface area contributed by atoms with Gasteiger partial charge in [0.2, 0.25) is 5.91 Å². The molecule has 2 heterocycles. The van der Waals surface area contributed by atoms with Crippen molar-refractivity contribution in [2.75, 3.05) is 0 Å². The topological polar surface area (TPSA) is 54.3 Å². The molecule has 1 aliphatic heterocycles. The Morgan fingerprint density at radius 1 is 1.13 bits per heavy atom. The average molecular weight is 420 g/mol. The number of rotatable bonds is 4. The minimum Gasteiger partial charge on any atom is -0.351 e. The molecule has 1 aliphatic carbocycles. The molecular weight excluding hydrogens is 393 g/mol. The molecule has 5 rings (SSSR count). The standard InChI is InChI=1S/C25H26FN3O2/c1-25(24(31)27-20-7-3-4-8-20)16-28-21-9-5-2-6-18(21)14-22(28)23(30)29(25)15-17-10-12-19(26)13-11-17/h2,5-6,9-14,20H,3-4,7-8,15-16H2,1H3,(H,27,31)/t25-/m1/s1. The van der Waals surface area contributed by atoms with Gasteiger partial charge in [-0.05, 0) is 49.6 Å². The van der Waals surface area contributed by atoms with Gasteiger partial charge in [0.1, 0.15) is 17.1 Å². The van der Waals surface area contributed by atoms with E-state index in [9.17, 15) is 14.0 Å². The lowest BCUT2D eigenvalue weighted by molar-refractivity contribution is -0.133. The van der Waals surface area contributed by atoms with Gasteiger partial charge in [-0.2, -0.15) is 0 Å². The summed E-state index contributed by atoms with van der Waals surface area (Å²) in [7, 11) is 0. The van der Waals surface area contributed by atoms with Gasteiger partial charge in [0, 0.05) is 23.5 Å². The van der Waals surface area contributed by atoms with Crippen LogP contribution in [0, 0.1) is 5.82 Å². The number of para-hydroxylation sites is 1. The summed E-state index contributed by atoms with van der Waals surface area (Å²) in [6, 6.07) is 16.0. The van der Waals surface area contributed by atoms with Gasteiger partial charge in [-0.1, -0.05) is 43.2 Å². The number of carbonyl (C=O) groups is 2. The lowest BCUT2D eigenvalue weighted by atomic mass is 9.93. The predicted octanol–water partition coefficient (Wildman–Crippen LogP) is 4.25. The smallest absolute Gasteiger partial charge is 0.271 e. The van der Waals surface area contributed by atoms with Crippen LogP contribution in [0.3, 0.4) is 0 Å². The Morgan fingerprint density at radius 3 is 2.58 bits per heavy atom. The number of halogens is 1. The molecule has 1 fully saturated rings. The Morgan fingerprint density at radius 2 is 1.84 bits per heavy atom. The third-order valence-electron chi connectivity index (χ3n) is 6.77. The number of hydrogen-bond acceptors (Lipinski definition) is 2. The second-order valence-corrected chi connectivity index (χ2v) is 8.92. The van der Waals surface area contributed by atoms with Crippen LogP contribution in [0.2, 0.25) is 0 Å². The second-order valence-electron chi connectivity index (χ2n) is 8.92. The summed E-state index contributed by atoms with van der Waals surface area (Å²) in [6.07, 6.45) is 4.19. The van der Waals surface area contributed by atoms with Crippen LogP contribution in [0.4, 0.5) is 4.39 Å². The van der Waals surface area contributed by atoms with Crippen LogP contribution in [0.5, 0.6) is 0 Å². The van der Waals surface area contributed by atoms with Crippen molar-refractivity contribution in [1.29, 1.82) is 0 Å². The largest absolute Gasteiger partial charge is 0.351 e. The fourth-order valence-electron chi connectivity index (χ4n) is 4.94. The zero-order valence-corrected chi connectivity index (χ0v) is 17.6. The Bertz CT molecular complexity index is 1150. The molecule has 2 amide bonds. The number of amides is 2. The molecule has 160 valence electrons. The molecule has 1 aromatic heterocycles. The summed E-state index contributed by atoms with van der Waals surface area (Å²) >= 11 is 0. The molecule has 1 atom stereocenters. The Labute approximate surface area is 180 Å². The summed E-state index contributed by atoms with van der Waals surface area (Å²) in [5.41, 5.74) is 1.27. The molecule has 2 aliphatic rings. The van der Waals surface area contributed by atoms with Crippen molar-refractivity contribution >= 4 is 22.7 Å². The number of benzene rings is 2. The van der Waals surface area contributed by atoms with E-state index < -0.39 is 5.54 Å². The predicted molar refractivity (Wildman–Crippen MR) is 117 cm³/mol. The number of hydrogen-bond donors (Lipinski definition) is 1. The molecule has 0 radical (unpaired) electrons. The van der Waals surface area contributed by atoms with Gasteiger partial charge in [-0.15, -0.1) is 0 Å². The van der Waals surface area contributed by atoms with E-state index >= 15 is 0 Å². The van der Waals surface area contributed by atoms with Crippen LogP contribution in [0.1, 0.15) is 48.7 Å². The van der Waals surface area contributed by atoms with Crippen molar-refractivity contribution in [2.45, 2.75) is 57.3 Å². The van der Waals surface area contributed by atoms with E-state index in [1.54, 1.807) is 17.0 Å². The number of aromatic nitrogens is 1. The first-order valence-corrected chi connectivity index (χ1v) is 10.9. The fourth-order valence-corrected chi connectivity index (χ4v) is 4.94. The van der Waals surface area contributed by atoms with Crippen LogP contribution in [-0.4, -0.2) is 32.9 Å². The van der Waals surface area contributed by atoms with Crippen LogP contribution in [-0.2, 0) is 17.9 Å². The molecule has 1 saturated carbocycles. The van der Waals surface area contributed by atoms with Crippen LogP contribution >= 0.6 is 0 Å². The van der Waals surface area contributed by atoms with Gasteiger partial charge in [0.05, 0.1) is 6.54 Å². The molecule has 2 aromatic carbocycles. The summed E-state index contributed by atoms with van der Waals surface area (Å²) in [5.74, 6) is -0.635. The lowest BCUT2D eigenvalue weighted by Gasteiger charge is -2.44. The van der Waals surface area contributed by atoms with E-state index in [0.717, 1.165) is 42.1 Å². The molecule has 5 nitrogen and oxygen atoms in total. The molecule has 31 heavy (non-hydrogen) atoms. The van der Waals surface area contributed by atoms with E-state index in [-0.39, 0.29) is 30.2 Å². The highest BCUT2D eigenvalue weighted by Gasteiger charge is 2.48. The van der Waals surface area contributed by atoms with Gasteiger partial charge >= 0.3 is 0 Å². The summed E-state index contributed by atoms with van der Waals surface area (Å²) in [4.78, 5) is 28.9. The van der Waals surface area contributed by atoms with Gasteiger partial charge in [-0.25, -0.2) is 4.39 Å². The molecule has 1 N–H and O–H groups in total. The summed E-state index contributed by atoms with van der Waals surface area (Å²) in [5, 5.41) is 4.18. The van der Waals surface area contributed by atoms with Crippen LogP contribution in [0.15, 0.2) is 54.6 Å². The van der Waals surface area contributed by atoms with Crippen molar-refractivity contribution in [3.05, 3.63) is 71.7 Å². The van der Waals surface area contributed by atoms with E-state index in [4.69, 9.17) is 0 Å². The maximum atomic E-state index is 13.7. The zero-order valence-electron chi connectivity index (χ0n) is 17.6. The maximum absolute atomic E-state index is 13.7. The SMILES string of the molecule is C[C@]1(C(=O)NC2CCCC2)Cn2c(cc3ccccc32)C(=O)N1Cc1ccc(F)cc1. The van der Waals surface area contributed by atoms with Gasteiger partial charge < -0.3 is 14.8 Å². The second kappa shape index (κ2) is 7.52. The highest BCUT2D eigenvalue weighted by Crippen LogP contribution is 2.34. The third-order valence-corrected chi connectivity index (χ3v) is 6.77. The number of nitrogens with zero attached hydrogens (tertiary/aromatic N) is 2. The first-order valence-electron chi connectivity index (χ1n) is 10.9. The highest BCUT2D eigenvalue weighted by atomic mass is 19.1. The first kappa shape index (κ1) is 19.8. The third kappa shape index (κ3) is 3.40. The van der Waals surface area contributed by atoms with Crippen molar-refractivity contribution in [2.24, 2.45) is 0 Å². The van der Waals surface area contributed by atoms with E-state index in [0.29, 0.717) is 12.2 Å². The first-order chi connectivity index (χ1) is 15.0. The average Bonchev–Trinajstić information content (AvgIpc) is 3.40.